The van der Waals surface area contributed by atoms with Crippen LogP contribution in [0, 0.1) is 6.92 Å². The van der Waals surface area contributed by atoms with Crippen molar-refractivity contribution < 1.29 is 9.90 Å². The average Bonchev–Trinajstić information content (AvgIpc) is 3.28. The van der Waals surface area contributed by atoms with E-state index in [1.807, 2.05) is 19.1 Å². The Hall–Kier alpha value is -2.39. The number of carbonyl (C=O) groups is 1. The number of carboxylic acids is 1. The van der Waals surface area contributed by atoms with E-state index in [1.54, 1.807) is 47.0 Å². The third-order valence-corrected chi connectivity index (χ3v) is 7.21. The van der Waals surface area contributed by atoms with E-state index in [-0.39, 0.29) is 5.69 Å². The first kappa shape index (κ1) is 22.8. The Balaban J connectivity index is 1.91. The summed E-state index contributed by atoms with van der Waals surface area (Å²) in [6, 6.07) is 8.77. The molecule has 0 aliphatic carbocycles. The highest BCUT2D eigenvalue weighted by molar-refractivity contribution is 8.01. The van der Waals surface area contributed by atoms with Gasteiger partial charge in [-0.3, -0.25) is 4.98 Å². The second-order valence-corrected chi connectivity index (χ2v) is 10.9. The fraction of sp³-hybridized carbons (Fsp3) is 0.182. The molecule has 164 valence electrons. The van der Waals surface area contributed by atoms with Crippen LogP contribution in [-0.4, -0.2) is 36.1 Å². The van der Waals surface area contributed by atoms with E-state index >= 15 is 0 Å². The maximum absolute atomic E-state index is 12.0. The standard InChI is InChI=1S/C22H18Cl2N4O2S2/c1-11(2)31-21-18(13-4-6-25-7-5-13)26-22(32-21)28-12(3)17(19(27-28)20(29)30)14-8-15(23)10-16(24)9-14/h4-11H,1-3H3,(H,29,30). The molecule has 32 heavy (non-hydrogen) atoms. The lowest BCUT2D eigenvalue weighted by molar-refractivity contribution is 0.0691. The lowest BCUT2D eigenvalue weighted by Gasteiger charge is -2.05. The highest BCUT2D eigenvalue weighted by Crippen LogP contribution is 2.41. The number of thiazole rings is 1. The number of hydrogen-bond acceptors (Lipinski definition) is 6. The van der Waals surface area contributed by atoms with Crippen molar-refractivity contribution in [3.05, 3.63) is 64.2 Å². The molecule has 0 spiro atoms. The number of carboxylic acid groups (broad SMARTS) is 1. The van der Waals surface area contributed by atoms with Crippen LogP contribution in [0.25, 0.3) is 27.5 Å². The molecular weight excluding hydrogens is 487 g/mol. The van der Waals surface area contributed by atoms with Crippen LogP contribution >= 0.6 is 46.3 Å². The van der Waals surface area contributed by atoms with Crippen molar-refractivity contribution in [2.75, 3.05) is 0 Å². The summed E-state index contributed by atoms with van der Waals surface area (Å²) in [6.07, 6.45) is 3.45. The van der Waals surface area contributed by atoms with Gasteiger partial charge in [-0.15, -0.1) is 11.8 Å². The first-order valence-electron chi connectivity index (χ1n) is 9.62. The molecule has 0 unspecified atom stereocenters. The molecule has 0 amide bonds. The van der Waals surface area contributed by atoms with Crippen molar-refractivity contribution in [2.45, 2.75) is 30.2 Å². The van der Waals surface area contributed by atoms with Gasteiger partial charge in [-0.2, -0.15) is 5.10 Å². The van der Waals surface area contributed by atoms with Gasteiger partial charge in [0, 0.05) is 38.8 Å². The number of benzene rings is 1. The fourth-order valence-electron chi connectivity index (χ4n) is 3.25. The van der Waals surface area contributed by atoms with E-state index in [9.17, 15) is 9.90 Å². The van der Waals surface area contributed by atoms with E-state index in [0.717, 1.165) is 15.5 Å². The summed E-state index contributed by atoms with van der Waals surface area (Å²) in [5.74, 6) is -1.14. The van der Waals surface area contributed by atoms with Crippen LogP contribution in [0.4, 0.5) is 0 Å². The number of thioether (sulfide) groups is 1. The topological polar surface area (TPSA) is 80.9 Å². The molecule has 0 bridgehead atoms. The van der Waals surface area contributed by atoms with Gasteiger partial charge >= 0.3 is 5.97 Å². The minimum absolute atomic E-state index is 0.0837. The molecule has 10 heteroatoms. The zero-order chi connectivity index (χ0) is 23.0. The Morgan fingerprint density at radius 3 is 2.38 bits per heavy atom. The summed E-state index contributed by atoms with van der Waals surface area (Å²) < 4.78 is 2.60. The lowest BCUT2D eigenvalue weighted by Crippen LogP contribution is -2.02. The molecule has 0 saturated carbocycles. The molecule has 3 heterocycles. The molecule has 0 radical (unpaired) electrons. The molecule has 6 nitrogen and oxygen atoms in total. The van der Waals surface area contributed by atoms with Gasteiger partial charge in [-0.05, 0) is 42.8 Å². The van der Waals surface area contributed by atoms with Crippen molar-refractivity contribution in [1.82, 2.24) is 19.7 Å². The van der Waals surface area contributed by atoms with E-state index in [4.69, 9.17) is 28.2 Å². The average molecular weight is 505 g/mol. The van der Waals surface area contributed by atoms with Crippen molar-refractivity contribution in [3.8, 4) is 27.5 Å². The first-order chi connectivity index (χ1) is 15.2. The van der Waals surface area contributed by atoms with Gasteiger partial charge in [-0.1, -0.05) is 48.4 Å². The molecule has 3 aromatic heterocycles. The van der Waals surface area contributed by atoms with E-state index in [0.29, 0.717) is 37.2 Å². The first-order valence-corrected chi connectivity index (χ1v) is 12.1. The third kappa shape index (κ3) is 4.54. The van der Waals surface area contributed by atoms with E-state index in [2.05, 4.69) is 23.9 Å². The molecule has 0 fully saturated rings. The summed E-state index contributed by atoms with van der Waals surface area (Å²) in [5.41, 5.74) is 3.37. The maximum Gasteiger partial charge on any atom is 0.357 e. The van der Waals surface area contributed by atoms with Crippen molar-refractivity contribution in [2.24, 2.45) is 0 Å². The Morgan fingerprint density at radius 2 is 1.78 bits per heavy atom. The van der Waals surface area contributed by atoms with Crippen molar-refractivity contribution >= 4 is 52.3 Å². The van der Waals surface area contributed by atoms with E-state index < -0.39 is 5.97 Å². The van der Waals surface area contributed by atoms with Crippen LogP contribution in [0.3, 0.4) is 0 Å². The summed E-state index contributed by atoms with van der Waals surface area (Å²) in [4.78, 5) is 21.0. The maximum atomic E-state index is 12.0. The van der Waals surface area contributed by atoms with Crippen LogP contribution < -0.4 is 0 Å². The highest BCUT2D eigenvalue weighted by atomic mass is 35.5. The minimum atomic E-state index is -1.14. The summed E-state index contributed by atoms with van der Waals surface area (Å²) in [7, 11) is 0. The minimum Gasteiger partial charge on any atom is -0.476 e. The highest BCUT2D eigenvalue weighted by Gasteiger charge is 2.25. The van der Waals surface area contributed by atoms with Gasteiger partial charge in [-0.25, -0.2) is 14.5 Å². The normalized spacial score (nSPS) is 11.3. The second kappa shape index (κ2) is 9.23. The van der Waals surface area contributed by atoms with Gasteiger partial charge < -0.3 is 5.11 Å². The number of pyridine rings is 1. The Labute approximate surface area is 203 Å². The number of nitrogens with zero attached hydrogens (tertiary/aromatic N) is 4. The predicted octanol–water partition coefficient (Wildman–Crippen LogP) is 6.87. The van der Waals surface area contributed by atoms with Gasteiger partial charge in [0.25, 0.3) is 0 Å². The lowest BCUT2D eigenvalue weighted by atomic mass is 10.0. The summed E-state index contributed by atoms with van der Waals surface area (Å²) in [5, 5.41) is 16.0. The number of hydrogen-bond donors (Lipinski definition) is 1. The van der Waals surface area contributed by atoms with Crippen molar-refractivity contribution in [3.63, 3.8) is 0 Å². The van der Waals surface area contributed by atoms with Crippen molar-refractivity contribution in [1.29, 1.82) is 0 Å². The van der Waals surface area contributed by atoms with Crippen LogP contribution in [0.15, 0.2) is 46.9 Å². The molecule has 4 rings (SSSR count). The fourth-order valence-corrected chi connectivity index (χ4v) is 6.30. The largest absolute Gasteiger partial charge is 0.476 e. The second-order valence-electron chi connectivity index (χ2n) is 7.22. The molecule has 1 aromatic carbocycles. The van der Waals surface area contributed by atoms with Gasteiger partial charge in [0.1, 0.15) is 0 Å². The van der Waals surface area contributed by atoms with E-state index in [1.165, 1.54) is 11.3 Å². The van der Waals surface area contributed by atoms with Gasteiger partial charge in [0.15, 0.2) is 5.69 Å². The third-order valence-electron chi connectivity index (χ3n) is 4.53. The Morgan fingerprint density at radius 1 is 1.12 bits per heavy atom. The van der Waals surface area contributed by atoms with Crippen LogP contribution in [0.5, 0.6) is 0 Å². The number of aromatic carboxylic acids is 1. The smallest absolute Gasteiger partial charge is 0.357 e. The number of aromatic nitrogens is 4. The Kier molecular flexibility index (Phi) is 6.57. The number of rotatable bonds is 6. The molecule has 4 aromatic rings. The molecule has 0 aliphatic rings. The molecule has 1 N–H and O–H groups in total. The summed E-state index contributed by atoms with van der Waals surface area (Å²) in [6.45, 7) is 6.04. The quantitative estimate of drug-likeness (QED) is 0.288. The monoisotopic (exact) mass is 504 g/mol. The zero-order valence-corrected chi connectivity index (χ0v) is 20.5. The SMILES string of the molecule is Cc1c(-c2cc(Cl)cc(Cl)c2)c(C(=O)O)nn1-c1nc(-c2ccncc2)c(SC(C)C)s1. The van der Waals surface area contributed by atoms with Crippen LogP contribution in [-0.2, 0) is 0 Å². The number of halogens is 2. The predicted molar refractivity (Wildman–Crippen MR) is 131 cm³/mol. The molecular formula is C22H18Cl2N4O2S2. The molecule has 0 aliphatic heterocycles. The van der Waals surface area contributed by atoms with Crippen LogP contribution in [0.1, 0.15) is 30.0 Å². The summed E-state index contributed by atoms with van der Waals surface area (Å²) >= 11 is 15.5. The van der Waals surface area contributed by atoms with Gasteiger partial charge in [0.05, 0.1) is 15.6 Å². The van der Waals surface area contributed by atoms with Crippen LogP contribution in [0.2, 0.25) is 10.0 Å². The zero-order valence-electron chi connectivity index (χ0n) is 17.3. The molecule has 0 saturated heterocycles. The Bertz CT molecular complexity index is 1280. The molecule has 0 atom stereocenters. The van der Waals surface area contributed by atoms with Gasteiger partial charge in [0.2, 0.25) is 5.13 Å².